The third-order valence-corrected chi connectivity index (χ3v) is 5.14. The molecule has 2 amide bonds. The van der Waals surface area contributed by atoms with Crippen LogP contribution in [0.2, 0.25) is 0 Å². The van der Waals surface area contributed by atoms with E-state index < -0.39 is 0 Å². The molecule has 1 N–H and O–H groups in total. The first-order chi connectivity index (χ1) is 13.0. The maximum Gasteiger partial charge on any atom is 0.221 e. The Morgan fingerprint density at radius 2 is 1.78 bits per heavy atom. The predicted molar refractivity (Wildman–Crippen MR) is 105 cm³/mol. The summed E-state index contributed by atoms with van der Waals surface area (Å²) in [7, 11) is 3.21. The van der Waals surface area contributed by atoms with Gasteiger partial charge < -0.3 is 19.7 Å². The Labute approximate surface area is 162 Å². The molecule has 0 heterocycles. The lowest BCUT2D eigenvalue weighted by atomic mass is 9.95. The molecule has 1 aliphatic rings. The average Bonchev–Trinajstić information content (AvgIpc) is 2.68. The van der Waals surface area contributed by atoms with Crippen LogP contribution in [0.25, 0.3) is 0 Å². The molecule has 0 atom stereocenters. The van der Waals surface area contributed by atoms with Crippen molar-refractivity contribution in [3.8, 4) is 11.5 Å². The minimum atomic E-state index is -0.0130. The highest BCUT2D eigenvalue weighted by atomic mass is 16.5. The maximum atomic E-state index is 12.2. The van der Waals surface area contributed by atoms with Gasteiger partial charge in [0.1, 0.15) is 0 Å². The molecule has 0 spiro atoms. The molecule has 27 heavy (non-hydrogen) atoms. The fourth-order valence-electron chi connectivity index (χ4n) is 3.51. The normalized spacial score (nSPS) is 14.5. The summed E-state index contributed by atoms with van der Waals surface area (Å²) in [4.78, 5) is 25.9. The summed E-state index contributed by atoms with van der Waals surface area (Å²) in [6.45, 7) is 2.57. The fourth-order valence-corrected chi connectivity index (χ4v) is 3.51. The molecule has 1 aromatic rings. The minimum Gasteiger partial charge on any atom is -0.493 e. The molecule has 0 bridgehead atoms. The summed E-state index contributed by atoms with van der Waals surface area (Å²) in [5, 5.41) is 3.11. The van der Waals surface area contributed by atoms with Crippen molar-refractivity contribution in [2.75, 3.05) is 27.3 Å². The van der Waals surface area contributed by atoms with E-state index in [-0.39, 0.29) is 11.8 Å². The standard InChI is InChI=1S/C21H32N2O4/c1-16(24)23(14-12-21(25)22-18-7-5-4-6-8-18)13-11-17-9-10-19(26-2)20(15-17)27-3/h9-10,15,18H,4-8,11-14H2,1-3H3,(H,22,25). The first-order valence-corrected chi connectivity index (χ1v) is 9.79. The lowest BCUT2D eigenvalue weighted by molar-refractivity contribution is -0.129. The van der Waals surface area contributed by atoms with Gasteiger partial charge in [-0.25, -0.2) is 0 Å². The highest BCUT2D eigenvalue weighted by molar-refractivity contribution is 5.78. The van der Waals surface area contributed by atoms with Gasteiger partial charge >= 0.3 is 0 Å². The first-order valence-electron chi connectivity index (χ1n) is 9.79. The van der Waals surface area contributed by atoms with Crippen molar-refractivity contribution in [2.24, 2.45) is 0 Å². The largest absolute Gasteiger partial charge is 0.493 e. The van der Waals surface area contributed by atoms with E-state index in [2.05, 4.69) is 5.32 Å². The summed E-state index contributed by atoms with van der Waals surface area (Å²) in [5.74, 6) is 1.39. The van der Waals surface area contributed by atoms with E-state index >= 15 is 0 Å². The van der Waals surface area contributed by atoms with Crippen molar-refractivity contribution in [1.29, 1.82) is 0 Å². The molecular weight excluding hydrogens is 344 g/mol. The lowest BCUT2D eigenvalue weighted by Gasteiger charge is -2.24. The van der Waals surface area contributed by atoms with E-state index in [0.29, 0.717) is 43.5 Å². The number of benzene rings is 1. The molecule has 1 aliphatic carbocycles. The van der Waals surface area contributed by atoms with Crippen LogP contribution in [0.5, 0.6) is 11.5 Å². The van der Waals surface area contributed by atoms with E-state index in [9.17, 15) is 9.59 Å². The van der Waals surface area contributed by atoms with Crippen LogP contribution in [0.3, 0.4) is 0 Å². The van der Waals surface area contributed by atoms with Gasteiger partial charge in [0, 0.05) is 32.5 Å². The lowest BCUT2D eigenvalue weighted by Crippen LogP contribution is -2.39. The summed E-state index contributed by atoms with van der Waals surface area (Å²) < 4.78 is 10.6. The van der Waals surface area contributed by atoms with Crippen LogP contribution >= 0.6 is 0 Å². The molecule has 0 aliphatic heterocycles. The van der Waals surface area contributed by atoms with Gasteiger partial charge in [-0.3, -0.25) is 9.59 Å². The predicted octanol–water partition coefficient (Wildman–Crippen LogP) is 2.93. The van der Waals surface area contributed by atoms with Gasteiger partial charge in [-0.15, -0.1) is 0 Å². The van der Waals surface area contributed by atoms with Crippen LogP contribution in [0.15, 0.2) is 18.2 Å². The topological polar surface area (TPSA) is 67.9 Å². The second kappa shape index (κ2) is 10.8. The first kappa shape index (κ1) is 21.1. The Morgan fingerprint density at radius 3 is 2.41 bits per heavy atom. The number of hydrogen-bond donors (Lipinski definition) is 1. The van der Waals surface area contributed by atoms with Gasteiger partial charge in [0.2, 0.25) is 11.8 Å². The zero-order chi connectivity index (χ0) is 19.6. The molecule has 0 saturated heterocycles. The molecule has 0 aromatic heterocycles. The van der Waals surface area contributed by atoms with Gasteiger partial charge in [-0.05, 0) is 37.0 Å². The van der Waals surface area contributed by atoms with E-state index in [1.54, 1.807) is 26.0 Å². The van der Waals surface area contributed by atoms with Crippen molar-refractivity contribution in [3.05, 3.63) is 23.8 Å². The van der Waals surface area contributed by atoms with Crippen molar-refractivity contribution in [3.63, 3.8) is 0 Å². The Kier molecular flexibility index (Phi) is 8.43. The molecule has 6 heteroatoms. The zero-order valence-electron chi connectivity index (χ0n) is 16.8. The Morgan fingerprint density at radius 1 is 1.07 bits per heavy atom. The van der Waals surface area contributed by atoms with E-state index in [1.807, 2.05) is 18.2 Å². The van der Waals surface area contributed by atoms with E-state index in [0.717, 1.165) is 18.4 Å². The van der Waals surface area contributed by atoms with Crippen LogP contribution in [-0.4, -0.2) is 50.1 Å². The minimum absolute atomic E-state index is 0.0130. The number of hydrogen-bond acceptors (Lipinski definition) is 4. The van der Waals surface area contributed by atoms with Crippen molar-refractivity contribution in [1.82, 2.24) is 10.2 Å². The second-order valence-electron chi connectivity index (χ2n) is 7.10. The number of nitrogens with zero attached hydrogens (tertiary/aromatic N) is 1. The number of amides is 2. The van der Waals surface area contributed by atoms with Gasteiger partial charge in [-0.1, -0.05) is 25.3 Å². The van der Waals surface area contributed by atoms with Crippen molar-refractivity contribution < 1.29 is 19.1 Å². The zero-order valence-corrected chi connectivity index (χ0v) is 16.8. The smallest absolute Gasteiger partial charge is 0.221 e. The number of methoxy groups -OCH3 is 2. The molecule has 1 aromatic carbocycles. The van der Waals surface area contributed by atoms with Crippen LogP contribution in [0.4, 0.5) is 0 Å². The number of carbonyl (C=O) groups is 2. The SMILES string of the molecule is COc1ccc(CCN(CCC(=O)NC2CCCCC2)C(C)=O)cc1OC. The maximum absolute atomic E-state index is 12.2. The molecular formula is C21H32N2O4. The molecule has 150 valence electrons. The van der Waals surface area contributed by atoms with Crippen molar-refractivity contribution >= 4 is 11.8 Å². The van der Waals surface area contributed by atoms with Gasteiger partial charge in [0.15, 0.2) is 11.5 Å². The molecule has 2 rings (SSSR count). The van der Waals surface area contributed by atoms with Crippen LogP contribution in [-0.2, 0) is 16.0 Å². The summed E-state index contributed by atoms with van der Waals surface area (Å²) >= 11 is 0. The molecule has 6 nitrogen and oxygen atoms in total. The van der Waals surface area contributed by atoms with Crippen LogP contribution < -0.4 is 14.8 Å². The Hall–Kier alpha value is -2.24. The highest BCUT2D eigenvalue weighted by Gasteiger charge is 2.17. The average molecular weight is 376 g/mol. The number of carbonyl (C=O) groups excluding carboxylic acids is 2. The quantitative estimate of drug-likeness (QED) is 0.720. The molecule has 1 saturated carbocycles. The Balaban J connectivity index is 1.82. The van der Waals surface area contributed by atoms with Gasteiger partial charge in [-0.2, -0.15) is 0 Å². The summed E-state index contributed by atoms with van der Waals surface area (Å²) in [6.07, 6.45) is 6.83. The van der Waals surface area contributed by atoms with Gasteiger partial charge in [0.25, 0.3) is 0 Å². The Bertz CT molecular complexity index is 627. The third kappa shape index (κ3) is 6.77. The van der Waals surface area contributed by atoms with Crippen LogP contribution in [0.1, 0.15) is 51.0 Å². The molecule has 1 fully saturated rings. The number of rotatable bonds is 9. The number of nitrogens with one attached hydrogen (secondary N) is 1. The van der Waals surface area contributed by atoms with Gasteiger partial charge in [0.05, 0.1) is 14.2 Å². The fraction of sp³-hybridized carbons (Fsp3) is 0.619. The second-order valence-corrected chi connectivity index (χ2v) is 7.10. The molecule has 0 unspecified atom stereocenters. The van der Waals surface area contributed by atoms with E-state index in [4.69, 9.17) is 9.47 Å². The number of ether oxygens (including phenoxy) is 2. The highest BCUT2D eigenvalue weighted by Crippen LogP contribution is 2.27. The van der Waals surface area contributed by atoms with Crippen molar-refractivity contribution in [2.45, 2.75) is 57.9 Å². The van der Waals surface area contributed by atoms with Crippen LogP contribution in [0, 0.1) is 0 Å². The van der Waals surface area contributed by atoms with E-state index in [1.165, 1.54) is 19.3 Å². The third-order valence-electron chi connectivity index (χ3n) is 5.14. The monoisotopic (exact) mass is 376 g/mol. The molecule has 0 radical (unpaired) electrons. The summed E-state index contributed by atoms with van der Waals surface area (Å²) in [5.41, 5.74) is 1.06. The summed E-state index contributed by atoms with van der Waals surface area (Å²) in [6, 6.07) is 6.07.